The summed E-state index contributed by atoms with van der Waals surface area (Å²) in [4.78, 5) is 21.4. The summed E-state index contributed by atoms with van der Waals surface area (Å²) in [5.41, 5.74) is 0.769. The molecule has 1 aromatic carbocycles. The van der Waals surface area contributed by atoms with Crippen molar-refractivity contribution in [1.82, 2.24) is 19.7 Å². The number of imidazole rings is 1. The second-order valence-corrected chi connectivity index (χ2v) is 7.24. The minimum absolute atomic E-state index is 0.0604. The zero-order chi connectivity index (χ0) is 17.6. The normalized spacial score (nSPS) is 10.8. The predicted octanol–water partition coefficient (Wildman–Crippen LogP) is 3.13. The van der Waals surface area contributed by atoms with Crippen molar-refractivity contribution in [2.45, 2.75) is 22.7 Å². The topological polar surface area (TPSA) is 85.8 Å². The van der Waals surface area contributed by atoms with Gasteiger partial charge >= 0.3 is 0 Å². The van der Waals surface area contributed by atoms with Gasteiger partial charge in [-0.2, -0.15) is 4.98 Å². The van der Waals surface area contributed by atoms with Crippen molar-refractivity contribution in [3.63, 3.8) is 0 Å². The molecule has 3 aromatic rings. The lowest BCUT2D eigenvalue weighted by molar-refractivity contribution is -0.113. The first kappa shape index (κ1) is 17.6. The van der Waals surface area contributed by atoms with Crippen LogP contribution in [-0.4, -0.2) is 31.4 Å². The van der Waals surface area contributed by atoms with Gasteiger partial charge < -0.3 is 14.4 Å². The fraction of sp³-hybridized carbons (Fsp3) is 0.250. The molecule has 0 bridgehead atoms. The summed E-state index contributed by atoms with van der Waals surface area (Å²) < 4.78 is 6.85. The number of nitrogens with zero attached hydrogens (tertiary/aromatic N) is 4. The molecule has 0 saturated carbocycles. The van der Waals surface area contributed by atoms with E-state index in [1.165, 1.54) is 11.8 Å². The maximum atomic E-state index is 12.0. The van der Waals surface area contributed by atoms with E-state index < -0.39 is 0 Å². The molecule has 0 saturated heterocycles. The number of hydrogen-bond acceptors (Lipinski definition) is 7. The minimum atomic E-state index is -0.0604. The molecule has 1 N–H and O–H groups in total. The number of aryl methyl sites for hydroxylation is 2. The lowest BCUT2D eigenvalue weighted by Crippen LogP contribution is -2.14. The highest BCUT2D eigenvalue weighted by Gasteiger charge is 2.07. The quantitative estimate of drug-likeness (QED) is 0.679. The van der Waals surface area contributed by atoms with Crippen LogP contribution in [0.2, 0.25) is 0 Å². The van der Waals surface area contributed by atoms with Gasteiger partial charge in [0.15, 0.2) is 11.0 Å². The fourth-order valence-electron chi connectivity index (χ4n) is 1.99. The molecule has 3 rings (SSSR count). The summed E-state index contributed by atoms with van der Waals surface area (Å²) in [6.45, 7) is 1.74. The van der Waals surface area contributed by atoms with E-state index in [-0.39, 0.29) is 5.91 Å². The number of aromatic nitrogens is 4. The third-order valence-electron chi connectivity index (χ3n) is 3.16. The lowest BCUT2D eigenvalue weighted by atomic mass is 10.3. The molecule has 0 spiro atoms. The van der Waals surface area contributed by atoms with E-state index >= 15 is 0 Å². The predicted molar refractivity (Wildman–Crippen MR) is 97.6 cm³/mol. The molecule has 9 heteroatoms. The van der Waals surface area contributed by atoms with Gasteiger partial charge in [0.25, 0.3) is 0 Å². The van der Waals surface area contributed by atoms with Gasteiger partial charge in [-0.3, -0.25) is 4.79 Å². The number of hydrogen-bond donors (Lipinski definition) is 1. The smallest absolute Gasteiger partial charge is 0.234 e. The first-order valence-electron chi connectivity index (χ1n) is 7.52. The Hall–Kier alpha value is -2.26. The Balaban J connectivity index is 1.46. The molecule has 0 atom stereocenters. The first-order chi connectivity index (χ1) is 12.1. The van der Waals surface area contributed by atoms with Crippen LogP contribution < -0.4 is 5.32 Å². The maximum absolute atomic E-state index is 12.0. The Morgan fingerprint density at radius 2 is 2.12 bits per heavy atom. The number of nitrogens with one attached hydrogen (secondary N) is 1. The Morgan fingerprint density at radius 3 is 2.76 bits per heavy atom. The number of thioether (sulfide) groups is 1. The molecule has 0 aliphatic carbocycles. The Morgan fingerprint density at radius 1 is 1.32 bits per heavy atom. The zero-order valence-electron chi connectivity index (χ0n) is 13.8. The molecule has 25 heavy (non-hydrogen) atoms. The highest BCUT2D eigenvalue weighted by molar-refractivity contribution is 7.99. The van der Waals surface area contributed by atoms with Crippen molar-refractivity contribution in [2.75, 3.05) is 11.1 Å². The van der Waals surface area contributed by atoms with E-state index in [9.17, 15) is 4.79 Å². The molecular formula is C16H17N5O2S2. The van der Waals surface area contributed by atoms with Gasteiger partial charge in [-0.05, 0) is 24.3 Å². The number of benzene rings is 1. The van der Waals surface area contributed by atoms with Crippen LogP contribution in [0.25, 0.3) is 0 Å². The average molecular weight is 375 g/mol. The fourth-order valence-corrected chi connectivity index (χ4v) is 3.45. The lowest BCUT2D eigenvalue weighted by Gasteiger charge is -2.06. The molecular weight excluding hydrogens is 358 g/mol. The van der Waals surface area contributed by atoms with E-state index in [1.807, 2.05) is 42.1 Å². The zero-order valence-corrected chi connectivity index (χ0v) is 15.4. The standard InChI is InChI=1S/C16H17N5O2S2/c1-11-18-14(20-23-11)9-24-10-15(22)19-12-3-5-13(6-4-12)25-16-17-7-8-21(16)2/h3-8H,9-10H2,1-2H3,(H,19,22). The molecule has 0 fully saturated rings. The second kappa shape index (κ2) is 8.21. The molecule has 0 unspecified atom stereocenters. The van der Waals surface area contributed by atoms with Crippen LogP contribution in [0.3, 0.4) is 0 Å². The van der Waals surface area contributed by atoms with Gasteiger partial charge in [0, 0.05) is 36.9 Å². The van der Waals surface area contributed by atoms with Crippen molar-refractivity contribution in [3.8, 4) is 0 Å². The highest BCUT2D eigenvalue weighted by atomic mass is 32.2. The van der Waals surface area contributed by atoms with Gasteiger partial charge in [0.2, 0.25) is 11.8 Å². The Bertz CT molecular complexity index is 844. The third kappa shape index (κ3) is 5.10. The van der Waals surface area contributed by atoms with Crippen LogP contribution in [0.5, 0.6) is 0 Å². The van der Waals surface area contributed by atoms with Crippen molar-refractivity contribution < 1.29 is 9.32 Å². The van der Waals surface area contributed by atoms with Gasteiger partial charge in [0.1, 0.15) is 0 Å². The Kier molecular flexibility index (Phi) is 5.77. The van der Waals surface area contributed by atoms with Crippen molar-refractivity contribution in [1.29, 1.82) is 0 Å². The van der Waals surface area contributed by atoms with Crippen LogP contribution in [0.4, 0.5) is 5.69 Å². The SMILES string of the molecule is Cc1nc(CSCC(=O)Nc2ccc(Sc3nccn3C)cc2)no1. The van der Waals surface area contributed by atoms with Crippen LogP contribution in [0.1, 0.15) is 11.7 Å². The molecule has 130 valence electrons. The number of anilines is 1. The van der Waals surface area contributed by atoms with E-state index in [1.54, 1.807) is 24.9 Å². The summed E-state index contributed by atoms with van der Waals surface area (Å²) in [5, 5.41) is 7.59. The molecule has 0 radical (unpaired) electrons. The van der Waals surface area contributed by atoms with Crippen LogP contribution in [0.15, 0.2) is 51.2 Å². The largest absolute Gasteiger partial charge is 0.340 e. The van der Waals surface area contributed by atoms with Crippen LogP contribution in [-0.2, 0) is 17.6 Å². The highest BCUT2D eigenvalue weighted by Crippen LogP contribution is 2.26. The van der Waals surface area contributed by atoms with E-state index in [2.05, 4.69) is 20.4 Å². The molecule has 2 heterocycles. The van der Waals surface area contributed by atoms with Crippen LogP contribution >= 0.6 is 23.5 Å². The number of carbonyl (C=O) groups is 1. The van der Waals surface area contributed by atoms with E-state index in [0.717, 1.165) is 15.7 Å². The monoisotopic (exact) mass is 375 g/mol. The third-order valence-corrected chi connectivity index (χ3v) is 5.17. The maximum Gasteiger partial charge on any atom is 0.234 e. The summed E-state index contributed by atoms with van der Waals surface area (Å²) >= 11 is 3.02. The number of carbonyl (C=O) groups excluding carboxylic acids is 1. The first-order valence-corrected chi connectivity index (χ1v) is 9.49. The summed E-state index contributed by atoms with van der Waals surface area (Å²) in [6.07, 6.45) is 3.68. The second-order valence-electron chi connectivity index (χ2n) is 5.22. The van der Waals surface area contributed by atoms with E-state index in [4.69, 9.17) is 4.52 Å². The average Bonchev–Trinajstić information content (AvgIpc) is 3.18. The minimum Gasteiger partial charge on any atom is -0.340 e. The molecule has 7 nitrogen and oxygen atoms in total. The summed E-state index contributed by atoms with van der Waals surface area (Å²) in [5.74, 6) is 1.95. The number of amides is 1. The van der Waals surface area contributed by atoms with Crippen molar-refractivity contribution >= 4 is 35.1 Å². The van der Waals surface area contributed by atoms with Gasteiger partial charge in [0.05, 0.1) is 11.5 Å². The molecule has 0 aliphatic rings. The molecule has 1 amide bonds. The molecule has 0 aliphatic heterocycles. The Labute approximate surface area is 153 Å². The van der Waals surface area contributed by atoms with Gasteiger partial charge in [-0.15, -0.1) is 11.8 Å². The van der Waals surface area contributed by atoms with E-state index in [0.29, 0.717) is 23.2 Å². The van der Waals surface area contributed by atoms with Crippen molar-refractivity contribution in [2.24, 2.45) is 7.05 Å². The van der Waals surface area contributed by atoms with Crippen LogP contribution in [0, 0.1) is 6.92 Å². The number of rotatable bonds is 7. The summed E-state index contributed by atoms with van der Waals surface area (Å²) in [7, 11) is 1.96. The van der Waals surface area contributed by atoms with Gasteiger partial charge in [-0.25, -0.2) is 4.98 Å². The van der Waals surface area contributed by atoms with Crippen molar-refractivity contribution in [3.05, 3.63) is 48.4 Å². The summed E-state index contributed by atoms with van der Waals surface area (Å²) in [6, 6.07) is 7.70. The van der Waals surface area contributed by atoms with Gasteiger partial charge in [-0.1, -0.05) is 16.9 Å². The molecule has 2 aromatic heterocycles.